The lowest BCUT2D eigenvalue weighted by atomic mass is 9.66. The van der Waals surface area contributed by atoms with E-state index in [1.807, 2.05) is 6.92 Å². The predicted molar refractivity (Wildman–Crippen MR) is 67.6 cm³/mol. The van der Waals surface area contributed by atoms with Gasteiger partial charge in [0.1, 0.15) is 12.2 Å². The summed E-state index contributed by atoms with van der Waals surface area (Å²) < 4.78 is 10.9. The molecule has 9 atom stereocenters. The molecule has 4 rings (SSSR count). The summed E-state index contributed by atoms with van der Waals surface area (Å²) in [5, 5.41) is 10.9. The van der Waals surface area contributed by atoms with Crippen LogP contribution >= 0.6 is 0 Å². The largest absolute Gasteiger partial charge is 0.462 e. The number of aliphatic hydroxyl groups is 1. The van der Waals surface area contributed by atoms with Crippen LogP contribution in [0, 0.1) is 29.1 Å². The van der Waals surface area contributed by atoms with Gasteiger partial charge < -0.3 is 14.6 Å². The van der Waals surface area contributed by atoms with Crippen molar-refractivity contribution < 1.29 is 24.2 Å². The minimum absolute atomic E-state index is 0.0130. The Morgan fingerprint density at radius 1 is 1.30 bits per heavy atom. The van der Waals surface area contributed by atoms with E-state index in [0.717, 1.165) is 0 Å². The molecule has 0 amide bonds. The molecule has 2 heterocycles. The van der Waals surface area contributed by atoms with E-state index in [4.69, 9.17) is 9.47 Å². The van der Waals surface area contributed by atoms with Gasteiger partial charge in [0.2, 0.25) is 0 Å². The fourth-order valence-corrected chi connectivity index (χ4v) is 5.09. The lowest BCUT2D eigenvalue weighted by molar-refractivity contribution is -0.147. The summed E-state index contributed by atoms with van der Waals surface area (Å²) in [6.07, 6.45) is -0.755. The first kappa shape index (κ1) is 12.8. The van der Waals surface area contributed by atoms with Crippen LogP contribution in [-0.4, -0.2) is 41.3 Å². The monoisotopic (exact) mass is 280 g/mol. The van der Waals surface area contributed by atoms with Crippen molar-refractivity contribution in [3.63, 3.8) is 0 Å². The summed E-state index contributed by atoms with van der Waals surface area (Å²) >= 11 is 0. The van der Waals surface area contributed by atoms with Crippen LogP contribution in [0.3, 0.4) is 0 Å². The third-order valence-corrected chi connectivity index (χ3v) is 6.20. The normalized spacial score (nSPS) is 60.4. The van der Waals surface area contributed by atoms with Crippen LogP contribution in [0.15, 0.2) is 0 Å². The van der Waals surface area contributed by atoms with Gasteiger partial charge in [-0.2, -0.15) is 0 Å². The third-order valence-electron chi connectivity index (χ3n) is 6.20. The second kappa shape index (κ2) is 3.63. The van der Waals surface area contributed by atoms with Gasteiger partial charge in [-0.15, -0.1) is 0 Å². The number of carbonyl (C=O) groups excluding carboxylic acids is 2. The summed E-state index contributed by atoms with van der Waals surface area (Å²) in [6.45, 7) is 5.72. The molecular weight excluding hydrogens is 260 g/mol. The Labute approximate surface area is 117 Å². The number of Topliss-reactive ketones (excluding diaryl/α,β-unsaturated/α-hetero) is 1. The quantitative estimate of drug-likeness (QED) is 0.517. The van der Waals surface area contributed by atoms with Gasteiger partial charge in [0.05, 0.1) is 23.5 Å². The van der Waals surface area contributed by atoms with Crippen LogP contribution in [0.25, 0.3) is 0 Å². The molecule has 1 N–H and O–H groups in total. The number of epoxide rings is 1. The third kappa shape index (κ3) is 1.26. The molecule has 0 radical (unpaired) electrons. The Bertz CT molecular complexity index is 502. The number of esters is 1. The lowest BCUT2D eigenvalue weighted by Crippen LogP contribution is -2.50. The maximum absolute atomic E-state index is 12.6. The van der Waals surface area contributed by atoms with E-state index in [0.29, 0.717) is 6.42 Å². The van der Waals surface area contributed by atoms with Crippen LogP contribution < -0.4 is 0 Å². The summed E-state index contributed by atoms with van der Waals surface area (Å²) in [5.41, 5.74) is -0.797. The molecule has 0 spiro atoms. The topological polar surface area (TPSA) is 76.1 Å². The van der Waals surface area contributed by atoms with Crippen molar-refractivity contribution in [2.45, 2.75) is 51.6 Å². The molecule has 0 aromatic rings. The Kier molecular flexibility index (Phi) is 2.32. The first-order valence-corrected chi connectivity index (χ1v) is 7.45. The zero-order chi connectivity index (χ0) is 14.4. The van der Waals surface area contributed by atoms with Crippen LogP contribution in [0.2, 0.25) is 0 Å². The number of ether oxygens (including phenoxy) is 2. The van der Waals surface area contributed by atoms with Gasteiger partial charge in [-0.25, -0.2) is 0 Å². The highest BCUT2D eigenvalue weighted by Crippen LogP contribution is 2.61. The molecule has 0 bridgehead atoms. The van der Waals surface area contributed by atoms with Gasteiger partial charge in [0, 0.05) is 11.8 Å². The number of rotatable bonds is 0. The number of hydrogen-bond acceptors (Lipinski definition) is 5. The summed E-state index contributed by atoms with van der Waals surface area (Å²) in [6, 6.07) is 0. The van der Waals surface area contributed by atoms with E-state index >= 15 is 0 Å². The molecule has 4 aliphatic rings. The molecule has 0 aromatic heterocycles. The van der Waals surface area contributed by atoms with E-state index in [1.54, 1.807) is 6.92 Å². The second-order valence-corrected chi connectivity index (χ2v) is 7.19. The highest BCUT2D eigenvalue weighted by molar-refractivity contribution is 5.95. The van der Waals surface area contributed by atoms with Crippen molar-refractivity contribution in [2.24, 2.45) is 29.1 Å². The summed E-state index contributed by atoms with van der Waals surface area (Å²) in [5.74, 6) is -0.625. The number of fused-ring (bicyclic) bond motifs is 4. The maximum Gasteiger partial charge on any atom is 0.309 e. The molecule has 2 aliphatic carbocycles. The highest BCUT2D eigenvalue weighted by Gasteiger charge is 2.73. The van der Waals surface area contributed by atoms with E-state index in [9.17, 15) is 14.7 Å². The summed E-state index contributed by atoms with van der Waals surface area (Å²) in [4.78, 5) is 24.4. The molecule has 5 heteroatoms. The number of hydrogen-bond donors (Lipinski definition) is 1. The molecule has 20 heavy (non-hydrogen) atoms. The Morgan fingerprint density at radius 3 is 2.70 bits per heavy atom. The average molecular weight is 280 g/mol. The molecule has 4 fully saturated rings. The zero-order valence-electron chi connectivity index (χ0n) is 11.9. The minimum atomic E-state index is -0.826. The van der Waals surface area contributed by atoms with E-state index < -0.39 is 11.5 Å². The molecule has 2 aliphatic heterocycles. The fourth-order valence-electron chi connectivity index (χ4n) is 5.09. The standard InChI is InChI=1S/C15H20O5/c1-5-4-7-8(6(2)14(18)19-7)12(16)15(3)9(5)10-11(20-10)13(15)17/h5-12,16H,4H2,1-3H3. The molecule has 9 unspecified atom stereocenters. The van der Waals surface area contributed by atoms with Crippen LogP contribution in [0.1, 0.15) is 27.2 Å². The van der Waals surface area contributed by atoms with Crippen molar-refractivity contribution in [1.82, 2.24) is 0 Å². The van der Waals surface area contributed by atoms with Gasteiger partial charge in [-0.1, -0.05) is 13.8 Å². The molecule has 2 saturated carbocycles. The molecule has 2 saturated heterocycles. The van der Waals surface area contributed by atoms with E-state index in [2.05, 4.69) is 6.92 Å². The van der Waals surface area contributed by atoms with E-state index in [1.165, 1.54) is 0 Å². The minimum Gasteiger partial charge on any atom is -0.462 e. The molecule has 0 aromatic carbocycles. The Morgan fingerprint density at radius 2 is 2.00 bits per heavy atom. The lowest BCUT2D eigenvalue weighted by Gasteiger charge is -2.39. The highest BCUT2D eigenvalue weighted by atomic mass is 16.6. The van der Waals surface area contributed by atoms with E-state index in [-0.39, 0.29) is 53.7 Å². The summed E-state index contributed by atoms with van der Waals surface area (Å²) in [7, 11) is 0. The smallest absolute Gasteiger partial charge is 0.309 e. The Hall–Kier alpha value is -0.940. The van der Waals surface area contributed by atoms with Gasteiger partial charge in [-0.3, -0.25) is 9.59 Å². The molecule has 110 valence electrons. The van der Waals surface area contributed by atoms with Crippen molar-refractivity contribution in [1.29, 1.82) is 0 Å². The SMILES string of the molecule is CC1CC2OC(=O)C(C)C2C(O)C2(C)C(=O)C3OC3C12. The number of ketones is 1. The Balaban J connectivity index is 1.79. The second-order valence-electron chi connectivity index (χ2n) is 7.19. The van der Waals surface area contributed by atoms with Crippen molar-refractivity contribution in [3.8, 4) is 0 Å². The first-order chi connectivity index (χ1) is 9.37. The maximum atomic E-state index is 12.6. The van der Waals surface area contributed by atoms with Crippen molar-refractivity contribution in [2.75, 3.05) is 0 Å². The van der Waals surface area contributed by atoms with Crippen LogP contribution in [0.5, 0.6) is 0 Å². The molecular formula is C15H20O5. The first-order valence-electron chi connectivity index (χ1n) is 7.45. The molecule has 5 nitrogen and oxygen atoms in total. The van der Waals surface area contributed by atoms with Crippen LogP contribution in [0.4, 0.5) is 0 Å². The van der Waals surface area contributed by atoms with Gasteiger partial charge >= 0.3 is 5.97 Å². The zero-order valence-corrected chi connectivity index (χ0v) is 11.9. The van der Waals surface area contributed by atoms with Gasteiger partial charge in [0.25, 0.3) is 0 Å². The van der Waals surface area contributed by atoms with Crippen molar-refractivity contribution in [3.05, 3.63) is 0 Å². The van der Waals surface area contributed by atoms with Crippen LogP contribution in [-0.2, 0) is 19.1 Å². The van der Waals surface area contributed by atoms with Gasteiger partial charge in [0.15, 0.2) is 5.78 Å². The van der Waals surface area contributed by atoms with Crippen molar-refractivity contribution >= 4 is 11.8 Å². The number of aliphatic hydroxyl groups excluding tert-OH is 1. The predicted octanol–water partition coefficient (Wildman–Crippen LogP) is 0.537. The number of carbonyl (C=O) groups is 2. The average Bonchev–Trinajstić information content (AvgIpc) is 3.06. The van der Waals surface area contributed by atoms with Gasteiger partial charge in [-0.05, 0) is 19.3 Å². The fraction of sp³-hybridized carbons (Fsp3) is 0.867.